The number of nitrogens with zero attached hydrogens (tertiary/aromatic N) is 1. The van der Waals surface area contributed by atoms with Crippen LogP contribution in [-0.4, -0.2) is 42.3 Å². The van der Waals surface area contributed by atoms with Crippen LogP contribution in [0, 0.1) is 0 Å². The molecule has 1 saturated carbocycles. The molecule has 5 rings (SSSR count). The van der Waals surface area contributed by atoms with Gasteiger partial charge >= 0.3 is 6.36 Å². The normalized spacial score (nSPS) is 23.8. The van der Waals surface area contributed by atoms with Crippen LogP contribution < -0.4 is 20.1 Å². The van der Waals surface area contributed by atoms with Crippen LogP contribution in [0.2, 0.25) is 0 Å². The number of ether oxygens (including phenoxy) is 2. The van der Waals surface area contributed by atoms with Gasteiger partial charge in [-0.1, -0.05) is 0 Å². The Balaban J connectivity index is 1.37. The topological polar surface area (TPSA) is 62.8 Å². The SMILES string of the molecule is COc1ccc(C(=O)[C@]23C[C@H]2N2CCCC2=C(Nc2ccc(OC(F)(F)F)cc2)N3)cc1. The van der Waals surface area contributed by atoms with Crippen molar-refractivity contribution in [1.29, 1.82) is 0 Å². The zero-order chi connectivity index (χ0) is 22.5. The van der Waals surface area contributed by atoms with Gasteiger partial charge in [0, 0.05) is 24.2 Å². The van der Waals surface area contributed by atoms with E-state index in [-0.39, 0.29) is 17.6 Å². The number of nitrogens with one attached hydrogen (secondary N) is 2. The molecule has 2 aromatic rings. The van der Waals surface area contributed by atoms with Gasteiger partial charge in [0.1, 0.15) is 22.9 Å². The summed E-state index contributed by atoms with van der Waals surface area (Å²) in [6, 6.07) is 12.7. The number of carbonyl (C=O) groups is 1. The lowest BCUT2D eigenvalue weighted by Crippen LogP contribution is -2.51. The van der Waals surface area contributed by atoms with E-state index in [4.69, 9.17) is 4.74 Å². The number of hydrogen-bond acceptors (Lipinski definition) is 6. The van der Waals surface area contributed by atoms with E-state index in [0.29, 0.717) is 23.4 Å². The van der Waals surface area contributed by atoms with E-state index in [0.717, 1.165) is 30.9 Å². The maximum atomic E-state index is 13.4. The molecule has 0 aromatic heterocycles. The Labute approximate surface area is 183 Å². The number of fused-ring (bicyclic) bond motifs is 3. The van der Waals surface area contributed by atoms with E-state index in [9.17, 15) is 18.0 Å². The van der Waals surface area contributed by atoms with Crippen molar-refractivity contribution in [2.75, 3.05) is 19.0 Å². The second-order valence-corrected chi connectivity index (χ2v) is 8.19. The largest absolute Gasteiger partial charge is 0.573 e. The Bertz CT molecular complexity index is 1070. The van der Waals surface area contributed by atoms with E-state index in [1.165, 1.54) is 24.3 Å². The first-order chi connectivity index (χ1) is 15.3. The lowest BCUT2D eigenvalue weighted by atomic mass is 10.00. The van der Waals surface area contributed by atoms with Crippen molar-refractivity contribution in [1.82, 2.24) is 10.2 Å². The van der Waals surface area contributed by atoms with Crippen LogP contribution in [-0.2, 0) is 0 Å². The second kappa shape index (κ2) is 7.36. The summed E-state index contributed by atoms with van der Waals surface area (Å²) in [6.07, 6.45) is -2.17. The maximum absolute atomic E-state index is 13.4. The van der Waals surface area contributed by atoms with Crippen LogP contribution in [0.25, 0.3) is 0 Å². The van der Waals surface area contributed by atoms with Crippen LogP contribution in [0.15, 0.2) is 60.0 Å². The number of Topliss-reactive ketones (excluding diaryl/α,β-unsaturated/α-hetero) is 1. The van der Waals surface area contributed by atoms with Gasteiger partial charge in [-0.25, -0.2) is 0 Å². The van der Waals surface area contributed by atoms with Crippen LogP contribution in [0.4, 0.5) is 18.9 Å². The number of benzene rings is 2. The third-order valence-electron chi connectivity index (χ3n) is 6.21. The molecule has 9 heteroatoms. The minimum absolute atomic E-state index is 0.0179. The third kappa shape index (κ3) is 3.61. The van der Waals surface area contributed by atoms with E-state index in [2.05, 4.69) is 20.3 Å². The molecule has 32 heavy (non-hydrogen) atoms. The fraction of sp³-hybridized carbons (Fsp3) is 0.348. The monoisotopic (exact) mass is 445 g/mol. The predicted molar refractivity (Wildman–Crippen MR) is 111 cm³/mol. The van der Waals surface area contributed by atoms with Crippen molar-refractivity contribution in [3.05, 3.63) is 65.6 Å². The van der Waals surface area contributed by atoms with Crippen LogP contribution in [0.1, 0.15) is 29.6 Å². The summed E-state index contributed by atoms with van der Waals surface area (Å²) < 4.78 is 46.3. The maximum Gasteiger partial charge on any atom is 0.573 e. The number of carbonyl (C=O) groups excluding carboxylic acids is 1. The molecule has 0 radical (unpaired) electrons. The molecule has 2 heterocycles. The first kappa shape index (κ1) is 20.5. The van der Waals surface area contributed by atoms with Crippen LogP contribution >= 0.6 is 0 Å². The highest BCUT2D eigenvalue weighted by atomic mass is 19.4. The smallest absolute Gasteiger partial charge is 0.497 e. The van der Waals surface area contributed by atoms with Gasteiger partial charge in [-0.2, -0.15) is 0 Å². The van der Waals surface area contributed by atoms with Crippen molar-refractivity contribution in [3.8, 4) is 11.5 Å². The lowest BCUT2D eigenvalue weighted by molar-refractivity contribution is -0.274. The van der Waals surface area contributed by atoms with Gasteiger partial charge in [0.15, 0.2) is 5.78 Å². The number of rotatable bonds is 6. The van der Waals surface area contributed by atoms with Gasteiger partial charge in [0.25, 0.3) is 0 Å². The standard InChI is InChI=1S/C23H22F3N3O3/c1-31-16-8-4-14(5-9-16)20(30)22-13-19(22)29-12-2-3-18(29)21(28-22)27-15-6-10-17(11-7-15)32-23(24,25)26/h4-11,19,27-28H,2-3,12-13H2,1H3/t19-,22+/m1/s1. The summed E-state index contributed by atoms with van der Waals surface area (Å²) in [5.74, 6) is 1.14. The fourth-order valence-electron chi connectivity index (χ4n) is 4.65. The molecule has 2 fully saturated rings. The quantitative estimate of drug-likeness (QED) is 0.648. The van der Waals surface area contributed by atoms with Gasteiger partial charge in [0.2, 0.25) is 0 Å². The number of hydrogen-bond donors (Lipinski definition) is 2. The number of anilines is 1. The van der Waals surface area contributed by atoms with E-state index < -0.39 is 11.9 Å². The molecule has 2 atom stereocenters. The number of ketones is 1. The molecular formula is C23H22F3N3O3. The first-order valence-corrected chi connectivity index (χ1v) is 10.4. The van der Waals surface area contributed by atoms with E-state index in [1.54, 1.807) is 31.4 Å². The minimum atomic E-state index is -4.73. The molecule has 1 saturated heterocycles. The summed E-state index contributed by atoms with van der Waals surface area (Å²) >= 11 is 0. The van der Waals surface area contributed by atoms with Crippen molar-refractivity contribution < 1.29 is 27.4 Å². The zero-order valence-corrected chi connectivity index (χ0v) is 17.3. The van der Waals surface area contributed by atoms with Crippen LogP contribution in [0.5, 0.6) is 11.5 Å². The fourth-order valence-corrected chi connectivity index (χ4v) is 4.65. The minimum Gasteiger partial charge on any atom is -0.497 e. The molecule has 3 aliphatic rings. The predicted octanol–water partition coefficient (Wildman–Crippen LogP) is 4.27. The number of alkyl halides is 3. The summed E-state index contributed by atoms with van der Waals surface area (Å²) in [5.41, 5.74) is 1.59. The van der Waals surface area contributed by atoms with Gasteiger partial charge in [-0.05, 0) is 61.4 Å². The Hall–Kier alpha value is -3.36. The third-order valence-corrected chi connectivity index (χ3v) is 6.21. The summed E-state index contributed by atoms with van der Waals surface area (Å²) in [7, 11) is 1.58. The average Bonchev–Trinajstić information content (AvgIpc) is 3.30. The molecule has 2 N–H and O–H groups in total. The summed E-state index contributed by atoms with van der Waals surface area (Å²) in [6.45, 7) is 0.878. The Kier molecular flexibility index (Phi) is 4.72. The molecule has 0 spiro atoms. The molecule has 168 valence electrons. The van der Waals surface area contributed by atoms with E-state index in [1.807, 2.05) is 0 Å². The Morgan fingerprint density at radius 2 is 1.81 bits per heavy atom. The first-order valence-electron chi connectivity index (χ1n) is 10.4. The van der Waals surface area contributed by atoms with Crippen molar-refractivity contribution in [2.45, 2.75) is 37.2 Å². The molecule has 1 aliphatic carbocycles. The second-order valence-electron chi connectivity index (χ2n) is 8.19. The molecule has 0 bridgehead atoms. The lowest BCUT2D eigenvalue weighted by Gasteiger charge is -2.34. The number of allylic oxidation sites excluding steroid dienone is 1. The Morgan fingerprint density at radius 3 is 2.47 bits per heavy atom. The number of halogens is 3. The summed E-state index contributed by atoms with van der Waals surface area (Å²) in [4.78, 5) is 15.7. The molecule has 0 unspecified atom stereocenters. The molecule has 6 nitrogen and oxygen atoms in total. The highest BCUT2D eigenvalue weighted by Crippen LogP contribution is 2.51. The average molecular weight is 445 g/mol. The highest BCUT2D eigenvalue weighted by molar-refractivity contribution is 6.07. The van der Waals surface area contributed by atoms with Crippen molar-refractivity contribution >= 4 is 11.5 Å². The highest BCUT2D eigenvalue weighted by Gasteiger charge is 2.66. The van der Waals surface area contributed by atoms with Crippen LogP contribution in [0.3, 0.4) is 0 Å². The van der Waals surface area contributed by atoms with Gasteiger partial charge < -0.3 is 25.0 Å². The van der Waals surface area contributed by atoms with Gasteiger partial charge in [0.05, 0.1) is 18.8 Å². The zero-order valence-electron chi connectivity index (χ0n) is 17.3. The van der Waals surface area contributed by atoms with Gasteiger partial charge in [-0.3, -0.25) is 4.79 Å². The molecule has 0 amide bonds. The van der Waals surface area contributed by atoms with E-state index >= 15 is 0 Å². The van der Waals surface area contributed by atoms with Gasteiger partial charge in [-0.15, -0.1) is 13.2 Å². The number of methoxy groups -OCH3 is 1. The molecular weight excluding hydrogens is 423 g/mol. The van der Waals surface area contributed by atoms with Crippen molar-refractivity contribution in [3.63, 3.8) is 0 Å². The van der Waals surface area contributed by atoms with Crippen molar-refractivity contribution in [2.24, 2.45) is 0 Å². The molecule has 2 aromatic carbocycles. The summed E-state index contributed by atoms with van der Waals surface area (Å²) in [5, 5.41) is 6.70. The molecule has 2 aliphatic heterocycles. The Morgan fingerprint density at radius 1 is 1.12 bits per heavy atom.